The van der Waals surface area contributed by atoms with E-state index < -0.39 is 23.1 Å². The van der Waals surface area contributed by atoms with E-state index in [4.69, 9.17) is 5.73 Å². The number of nitrogen functional groups attached to an aromatic ring is 1. The quantitative estimate of drug-likeness (QED) is 0.477. The molecule has 1 rings (SSSR count). The molecule has 0 unspecified atom stereocenters. The van der Waals surface area contributed by atoms with Gasteiger partial charge in [-0.05, 0) is 12.1 Å². The Hall–Kier alpha value is -1.52. The minimum atomic E-state index is -1.59. The molecule has 0 atom stereocenters. The fourth-order valence-electron chi connectivity index (χ4n) is 0.909. The van der Waals surface area contributed by atoms with E-state index >= 15 is 0 Å². The summed E-state index contributed by atoms with van der Waals surface area (Å²) >= 11 is 0. The fourth-order valence-corrected chi connectivity index (χ4v) is 0.909. The minimum Gasteiger partial charge on any atom is -0.545 e. The molecule has 0 fully saturated rings. The number of carbonyl (C=O) groups is 2. The van der Waals surface area contributed by atoms with Crippen molar-refractivity contribution in [1.82, 2.24) is 0 Å². The molecule has 0 aromatic heterocycles. The Morgan fingerprint density at radius 2 is 1.57 bits per heavy atom. The summed E-state index contributed by atoms with van der Waals surface area (Å²) in [6, 6.07) is 3.35. The van der Waals surface area contributed by atoms with Gasteiger partial charge in [-0.1, -0.05) is 6.07 Å². The molecule has 0 heterocycles. The third-order valence-electron chi connectivity index (χ3n) is 1.48. The van der Waals surface area contributed by atoms with Gasteiger partial charge in [-0.15, -0.1) is 0 Å². The summed E-state index contributed by atoms with van der Waals surface area (Å²) in [6.07, 6.45) is 0. The largest absolute Gasteiger partial charge is 2.00 e. The van der Waals surface area contributed by atoms with Crippen LogP contribution in [0.15, 0.2) is 18.2 Å². The summed E-state index contributed by atoms with van der Waals surface area (Å²) in [5.41, 5.74) is 4.51. The molecular weight excluding hydrogens is 238 g/mol. The SMILES string of the molecule is Nc1ccc(C(=O)[O-])c(C(=O)[O-])c1.[Cu+2]. The normalized spacial score (nSPS) is 8.86. The number of aromatic carboxylic acids is 2. The number of rotatable bonds is 2. The molecule has 1 radical (unpaired) electrons. The van der Waals surface area contributed by atoms with Gasteiger partial charge >= 0.3 is 17.1 Å². The standard InChI is InChI=1S/C8H7NO4.Cu/c9-4-1-2-5(7(10)11)6(3-4)8(12)13;/h1-3H,9H2,(H,10,11)(H,12,13);/q;+2/p-2. The van der Waals surface area contributed by atoms with E-state index in [1.165, 1.54) is 6.07 Å². The topological polar surface area (TPSA) is 106 Å². The van der Waals surface area contributed by atoms with Gasteiger partial charge in [0, 0.05) is 16.8 Å². The van der Waals surface area contributed by atoms with E-state index in [9.17, 15) is 19.8 Å². The van der Waals surface area contributed by atoms with Crippen LogP contribution in [0.5, 0.6) is 0 Å². The molecule has 0 saturated carbocycles. The summed E-state index contributed by atoms with van der Waals surface area (Å²) in [5, 5.41) is 20.8. The molecule has 0 aliphatic rings. The molecule has 0 aliphatic carbocycles. The number of hydrogen-bond donors (Lipinski definition) is 1. The monoisotopic (exact) mass is 242 g/mol. The Kier molecular flexibility index (Phi) is 4.14. The van der Waals surface area contributed by atoms with Crippen molar-refractivity contribution in [2.75, 3.05) is 5.73 Å². The molecule has 5 nitrogen and oxygen atoms in total. The first-order chi connectivity index (χ1) is 6.02. The summed E-state index contributed by atoms with van der Waals surface area (Å²) in [6.45, 7) is 0. The van der Waals surface area contributed by atoms with Crippen LogP contribution in [0, 0.1) is 0 Å². The van der Waals surface area contributed by atoms with Crippen molar-refractivity contribution < 1.29 is 36.9 Å². The molecule has 77 valence electrons. The molecule has 0 spiro atoms. The van der Waals surface area contributed by atoms with E-state index in [1.807, 2.05) is 0 Å². The van der Waals surface area contributed by atoms with E-state index in [0.717, 1.165) is 12.1 Å². The molecule has 6 heteroatoms. The average Bonchev–Trinajstić information content (AvgIpc) is 2.03. The Bertz CT molecular complexity index is 378. The van der Waals surface area contributed by atoms with Gasteiger partial charge in [0.1, 0.15) is 0 Å². The van der Waals surface area contributed by atoms with E-state index in [2.05, 4.69) is 0 Å². The van der Waals surface area contributed by atoms with E-state index in [1.54, 1.807) is 0 Å². The third kappa shape index (κ3) is 2.48. The van der Waals surface area contributed by atoms with E-state index in [0.29, 0.717) is 0 Å². The molecule has 1 aromatic carbocycles. The average molecular weight is 243 g/mol. The second kappa shape index (κ2) is 4.64. The smallest absolute Gasteiger partial charge is 0.545 e. The molecule has 2 N–H and O–H groups in total. The number of carboxylic acid groups (broad SMARTS) is 2. The number of carbonyl (C=O) groups excluding carboxylic acids is 2. The zero-order chi connectivity index (χ0) is 10.0. The minimum absolute atomic E-state index is 0. The van der Waals surface area contributed by atoms with Crippen molar-refractivity contribution >= 4 is 17.6 Å². The molecule has 0 aliphatic heterocycles. The number of hydrogen-bond acceptors (Lipinski definition) is 5. The van der Waals surface area contributed by atoms with Crippen LogP contribution in [0.3, 0.4) is 0 Å². The Balaban J connectivity index is 0.00000169. The van der Waals surface area contributed by atoms with Gasteiger partial charge in [0.2, 0.25) is 0 Å². The molecular formula is C8H5CuNO4. The first-order valence-electron chi connectivity index (χ1n) is 3.34. The molecule has 14 heavy (non-hydrogen) atoms. The maximum atomic E-state index is 10.4. The Labute approximate surface area is 90.0 Å². The first-order valence-corrected chi connectivity index (χ1v) is 3.34. The second-order valence-corrected chi connectivity index (χ2v) is 2.38. The van der Waals surface area contributed by atoms with Gasteiger partial charge in [-0.25, -0.2) is 0 Å². The van der Waals surface area contributed by atoms with Gasteiger partial charge in [-0.3, -0.25) is 0 Å². The maximum absolute atomic E-state index is 10.4. The summed E-state index contributed by atoms with van der Waals surface area (Å²) in [4.78, 5) is 20.8. The van der Waals surface area contributed by atoms with Crippen LogP contribution in [0.4, 0.5) is 5.69 Å². The molecule has 0 bridgehead atoms. The molecule has 0 saturated heterocycles. The second-order valence-electron chi connectivity index (χ2n) is 2.38. The van der Waals surface area contributed by atoms with Crippen LogP contribution in [0.25, 0.3) is 0 Å². The maximum Gasteiger partial charge on any atom is 2.00 e. The first kappa shape index (κ1) is 12.5. The molecule has 1 aromatic rings. The number of benzene rings is 1. The van der Waals surface area contributed by atoms with Gasteiger partial charge < -0.3 is 25.5 Å². The zero-order valence-corrected chi connectivity index (χ0v) is 7.69. The summed E-state index contributed by atoms with van der Waals surface area (Å²) in [7, 11) is 0. The van der Waals surface area contributed by atoms with Crippen molar-refractivity contribution in [3.63, 3.8) is 0 Å². The van der Waals surface area contributed by atoms with Crippen LogP contribution in [0.1, 0.15) is 20.7 Å². The fraction of sp³-hybridized carbons (Fsp3) is 0. The van der Waals surface area contributed by atoms with Gasteiger partial charge in [0.25, 0.3) is 0 Å². The van der Waals surface area contributed by atoms with Gasteiger partial charge in [0.15, 0.2) is 0 Å². The van der Waals surface area contributed by atoms with E-state index in [-0.39, 0.29) is 22.8 Å². The number of anilines is 1. The number of carboxylic acids is 2. The Morgan fingerprint density at radius 3 is 2.00 bits per heavy atom. The molecule has 0 amide bonds. The van der Waals surface area contributed by atoms with Crippen LogP contribution in [-0.2, 0) is 17.1 Å². The zero-order valence-electron chi connectivity index (χ0n) is 6.74. The van der Waals surface area contributed by atoms with Crippen LogP contribution >= 0.6 is 0 Å². The van der Waals surface area contributed by atoms with Crippen LogP contribution in [0.2, 0.25) is 0 Å². The van der Waals surface area contributed by atoms with Crippen molar-refractivity contribution in [3.05, 3.63) is 29.3 Å². The van der Waals surface area contributed by atoms with Crippen molar-refractivity contribution in [1.29, 1.82) is 0 Å². The van der Waals surface area contributed by atoms with Gasteiger partial charge in [0.05, 0.1) is 11.9 Å². The van der Waals surface area contributed by atoms with Crippen molar-refractivity contribution in [3.8, 4) is 0 Å². The van der Waals surface area contributed by atoms with Crippen LogP contribution < -0.4 is 15.9 Å². The summed E-state index contributed by atoms with van der Waals surface area (Å²) < 4.78 is 0. The Morgan fingerprint density at radius 1 is 1.07 bits per heavy atom. The third-order valence-corrected chi connectivity index (χ3v) is 1.48. The van der Waals surface area contributed by atoms with Crippen molar-refractivity contribution in [2.45, 2.75) is 0 Å². The van der Waals surface area contributed by atoms with Crippen LogP contribution in [-0.4, -0.2) is 11.9 Å². The van der Waals surface area contributed by atoms with Crippen molar-refractivity contribution in [2.24, 2.45) is 0 Å². The number of nitrogens with two attached hydrogens (primary N) is 1. The summed E-state index contributed by atoms with van der Waals surface area (Å²) in [5.74, 6) is -3.16. The predicted octanol–water partition coefficient (Wildman–Crippen LogP) is -2.01. The van der Waals surface area contributed by atoms with Gasteiger partial charge in [-0.2, -0.15) is 0 Å². The predicted molar refractivity (Wildman–Crippen MR) is 39.5 cm³/mol.